The van der Waals surface area contributed by atoms with Crippen molar-refractivity contribution in [3.05, 3.63) is 45.4 Å². The first-order chi connectivity index (χ1) is 9.23. The largest absolute Gasteiger partial charge is 0.418 e. The quantitative estimate of drug-likeness (QED) is 0.742. The number of aromatic amines is 1. The van der Waals surface area contributed by atoms with Gasteiger partial charge in [-0.05, 0) is 30.3 Å². The molecule has 1 aromatic carbocycles. The molecule has 0 saturated carbocycles. The lowest BCUT2D eigenvalue weighted by Gasteiger charge is -2.18. The minimum atomic E-state index is -4.50. The fourth-order valence-corrected chi connectivity index (χ4v) is 2.52. The average Bonchev–Trinajstić information content (AvgIpc) is 2.69. The molecule has 0 aliphatic carbocycles. The number of alkyl halides is 3. The first-order valence-corrected chi connectivity index (χ1v) is 6.68. The van der Waals surface area contributed by atoms with Crippen LogP contribution in [0.4, 0.5) is 13.2 Å². The summed E-state index contributed by atoms with van der Waals surface area (Å²) < 4.78 is 41.0. The standard InChI is InChI=1S/C13H12ClF3N2S/c1-7(2)10-6-18-12(20)19(10)11-8(13(15,16)17)4-3-5-9(11)14/h3-7H,1-2H3,(H,18,20). The number of benzene rings is 1. The highest BCUT2D eigenvalue weighted by atomic mass is 35.5. The Bertz CT molecular complexity index is 686. The van der Waals surface area contributed by atoms with Gasteiger partial charge in [-0.2, -0.15) is 13.2 Å². The van der Waals surface area contributed by atoms with Crippen LogP contribution in [-0.4, -0.2) is 9.55 Å². The summed E-state index contributed by atoms with van der Waals surface area (Å²) >= 11 is 11.1. The van der Waals surface area contributed by atoms with Crippen molar-refractivity contribution in [2.24, 2.45) is 0 Å². The maximum Gasteiger partial charge on any atom is 0.418 e. The van der Waals surface area contributed by atoms with Gasteiger partial charge in [-0.3, -0.25) is 4.57 Å². The zero-order valence-corrected chi connectivity index (χ0v) is 12.3. The van der Waals surface area contributed by atoms with Crippen molar-refractivity contribution in [2.45, 2.75) is 25.9 Å². The smallest absolute Gasteiger partial charge is 0.337 e. The highest BCUT2D eigenvalue weighted by Gasteiger charge is 2.35. The van der Waals surface area contributed by atoms with Gasteiger partial charge in [-0.25, -0.2) is 0 Å². The third-order valence-electron chi connectivity index (χ3n) is 2.91. The zero-order valence-electron chi connectivity index (χ0n) is 10.8. The van der Waals surface area contributed by atoms with Crippen LogP contribution in [0, 0.1) is 4.77 Å². The third kappa shape index (κ3) is 2.62. The summed E-state index contributed by atoms with van der Waals surface area (Å²) in [5.74, 6) is 0.000284. The van der Waals surface area contributed by atoms with Crippen molar-refractivity contribution >= 4 is 23.8 Å². The number of rotatable bonds is 2. The predicted molar refractivity (Wildman–Crippen MR) is 75.1 cm³/mol. The SMILES string of the molecule is CC(C)c1c[nH]c(=S)n1-c1c(Cl)cccc1C(F)(F)F. The lowest BCUT2D eigenvalue weighted by Crippen LogP contribution is -2.13. The highest BCUT2D eigenvalue weighted by Crippen LogP contribution is 2.38. The molecule has 0 unspecified atom stereocenters. The van der Waals surface area contributed by atoms with Crippen LogP contribution in [-0.2, 0) is 6.18 Å². The summed E-state index contributed by atoms with van der Waals surface area (Å²) in [6.07, 6.45) is -2.89. The molecule has 1 N–H and O–H groups in total. The van der Waals surface area contributed by atoms with E-state index in [2.05, 4.69) is 4.98 Å². The molecule has 0 spiro atoms. The van der Waals surface area contributed by atoms with E-state index in [1.54, 1.807) is 6.20 Å². The molecule has 0 fully saturated rings. The molecule has 0 saturated heterocycles. The Kier molecular flexibility index (Phi) is 3.97. The van der Waals surface area contributed by atoms with Gasteiger partial charge in [0.2, 0.25) is 0 Å². The molecule has 2 nitrogen and oxygen atoms in total. The van der Waals surface area contributed by atoms with Crippen LogP contribution in [0.2, 0.25) is 5.02 Å². The van der Waals surface area contributed by atoms with Crippen LogP contribution in [0.15, 0.2) is 24.4 Å². The lowest BCUT2D eigenvalue weighted by molar-refractivity contribution is -0.137. The van der Waals surface area contributed by atoms with Crippen molar-refractivity contribution in [3.63, 3.8) is 0 Å². The van der Waals surface area contributed by atoms with E-state index in [0.29, 0.717) is 5.69 Å². The van der Waals surface area contributed by atoms with Gasteiger partial charge < -0.3 is 4.98 Å². The summed E-state index contributed by atoms with van der Waals surface area (Å²) in [6.45, 7) is 3.75. The topological polar surface area (TPSA) is 20.7 Å². The van der Waals surface area contributed by atoms with Gasteiger partial charge in [0.15, 0.2) is 4.77 Å². The van der Waals surface area contributed by atoms with E-state index in [-0.39, 0.29) is 21.4 Å². The molecule has 1 aromatic heterocycles. The van der Waals surface area contributed by atoms with Gasteiger partial charge in [0.1, 0.15) is 0 Å². The number of halogens is 4. The third-order valence-corrected chi connectivity index (χ3v) is 3.52. The molecule has 2 aromatic rings. The Labute approximate surface area is 124 Å². The number of nitrogens with one attached hydrogen (secondary N) is 1. The van der Waals surface area contributed by atoms with Gasteiger partial charge >= 0.3 is 6.18 Å². The first-order valence-electron chi connectivity index (χ1n) is 5.90. The molecule has 1 heterocycles. The molecule has 0 aliphatic rings. The van der Waals surface area contributed by atoms with Gasteiger partial charge in [-0.15, -0.1) is 0 Å². The second-order valence-electron chi connectivity index (χ2n) is 4.64. The van der Waals surface area contributed by atoms with Crippen LogP contribution < -0.4 is 0 Å². The number of aromatic nitrogens is 2. The Morgan fingerprint density at radius 1 is 1.30 bits per heavy atom. The summed E-state index contributed by atoms with van der Waals surface area (Å²) in [4.78, 5) is 2.77. The summed E-state index contributed by atoms with van der Waals surface area (Å²) in [5, 5.41) is 0.0115. The number of H-pyrrole nitrogens is 1. The van der Waals surface area contributed by atoms with Crippen molar-refractivity contribution in [1.29, 1.82) is 0 Å². The molecule has 0 radical (unpaired) electrons. The van der Waals surface area contributed by atoms with E-state index in [1.165, 1.54) is 16.7 Å². The maximum absolute atomic E-state index is 13.2. The van der Waals surface area contributed by atoms with Gasteiger partial charge in [0.05, 0.1) is 16.3 Å². The molecule has 7 heteroatoms. The average molecular weight is 321 g/mol. The Morgan fingerprint density at radius 2 is 1.95 bits per heavy atom. The molecule has 2 rings (SSSR count). The van der Waals surface area contributed by atoms with Crippen LogP contribution in [0.1, 0.15) is 31.0 Å². The van der Waals surface area contributed by atoms with Gasteiger partial charge in [0, 0.05) is 11.9 Å². The minimum Gasteiger partial charge on any atom is -0.337 e. The Morgan fingerprint density at radius 3 is 2.50 bits per heavy atom. The molecule has 20 heavy (non-hydrogen) atoms. The summed E-state index contributed by atoms with van der Waals surface area (Å²) in [7, 11) is 0. The van der Waals surface area contributed by atoms with Gasteiger partial charge in [-0.1, -0.05) is 31.5 Å². The zero-order chi connectivity index (χ0) is 15.1. The Hall–Kier alpha value is -1.27. The number of nitrogens with zero attached hydrogens (tertiary/aromatic N) is 1. The number of imidazole rings is 1. The number of para-hydroxylation sites is 1. The van der Waals surface area contributed by atoms with Crippen LogP contribution in [0.25, 0.3) is 5.69 Å². The van der Waals surface area contributed by atoms with Crippen molar-refractivity contribution in [3.8, 4) is 5.69 Å². The van der Waals surface area contributed by atoms with Crippen LogP contribution >= 0.6 is 23.8 Å². The number of hydrogen-bond acceptors (Lipinski definition) is 1. The molecule has 0 bridgehead atoms. The fourth-order valence-electron chi connectivity index (χ4n) is 2.01. The molecular formula is C13H12ClF3N2S. The van der Waals surface area contributed by atoms with E-state index in [9.17, 15) is 13.2 Å². The highest BCUT2D eigenvalue weighted by molar-refractivity contribution is 7.71. The first kappa shape index (κ1) is 15.1. The maximum atomic E-state index is 13.2. The number of hydrogen-bond donors (Lipinski definition) is 1. The van der Waals surface area contributed by atoms with E-state index in [4.69, 9.17) is 23.8 Å². The minimum absolute atomic E-state index is 0.000284. The van der Waals surface area contributed by atoms with Crippen LogP contribution in [0.3, 0.4) is 0 Å². The van der Waals surface area contributed by atoms with E-state index < -0.39 is 11.7 Å². The molecular weight excluding hydrogens is 309 g/mol. The van der Waals surface area contributed by atoms with Crippen LogP contribution in [0.5, 0.6) is 0 Å². The molecule has 0 atom stereocenters. The van der Waals surface area contributed by atoms with E-state index in [1.807, 2.05) is 13.8 Å². The van der Waals surface area contributed by atoms with E-state index >= 15 is 0 Å². The molecule has 0 amide bonds. The summed E-state index contributed by atoms with van der Waals surface area (Å²) in [5.41, 5.74) is -0.284. The van der Waals surface area contributed by atoms with Crippen molar-refractivity contribution in [1.82, 2.24) is 9.55 Å². The predicted octanol–water partition coefficient (Wildman–Crippen LogP) is 5.33. The van der Waals surface area contributed by atoms with Crippen molar-refractivity contribution < 1.29 is 13.2 Å². The monoisotopic (exact) mass is 320 g/mol. The lowest BCUT2D eigenvalue weighted by atomic mass is 10.1. The molecule has 0 aliphatic heterocycles. The fraction of sp³-hybridized carbons (Fsp3) is 0.308. The van der Waals surface area contributed by atoms with E-state index in [0.717, 1.165) is 6.07 Å². The Balaban J connectivity index is 2.83. The summed E-state index contributed by atoms with van der Waals surface area (Å²) in [6, 6.07) is 3.70. The van der Waals surface area contributed by atoms with Gasteiger partial charge in [0.25, 0.3) is 0 Å². The normalized spacial score (nSPS) is 12.2. The second-order valence-corrected chi connectivity index (χ2v) is 5.44. The molecule has 108 valence electrons. The second kappa shape index (κ2) is 5.26. The van der Waals surface area contributed by atoms with Crippen molar-refractivity contribution in [2.75, 3.05) is 0 Å².